The number of hydrogen-bond donors (Lipinski definition) is 3. The van der Waals surface area contributed by atoms with E-state index in [2.05, 4.69) is 31.1 Å². The Kier molecular flexibility index (Phi) is 6.00. The summed E-state index contributed by atoms with van der Waals surface area (Å²) in [6, 6.07) is 8.59. The Hall–Kier alpha value is -3.69. The van der Waals surface area contributed by atoms with Crippen LogP contribution < -0.4 is 16.0 Å². The second-order valence-corrected chi connectivity index (χ2v) is 5.58. The molecule has 0 atom stereocenters. The lowest BCUT2D eigenvalue weighted by molar-refractivity contribution is 0.0950. The van der Waals surface area contributed by atoms with Crippen molar-refractivity contribution in [1.82, 2.24) is 20.5 Å². The fourth-order valence-electron chi connectivity index (χ4n) is 2.24. The number of anilines is 3. The van der Waals surface area contributed by atoms with E-state index in [1.165, 1.54) is 0 Å². The van der Waals surface area contributed by atoms with Crippen LogP contribution in [0.2, 0.25) is 0 Å². The Bertz CT molecular complexity index is 954. The first-order chi connectivity index (χ1) is 13.5. The molecule has 2 aromatic heterocycles. The fourth-order valence-corrected chi connectivity index (χ4v) is 2.24. The van der Waals surface area contributed by atoms with Crippen LogP contribution in [0.15, 0.2) is 48.8 Å². The van der Waals surface area contributed by atoms with Crippen LogP contribution in [0.3, 0.4) is 0 Å². The van der Waals surface area contributed by atoms with Crippen molar-refractivity contribution in [1.29, 1.82) is 0 Å². The van der Waals surface area contributed by atoms with Gasteiger partial charge in [-0.1, -0.05) is 0 Å². The number of benzene rings is 1. The van der Waals surface area contributed by atoms with Crippen molar-refractivity contribution in [2.45, 2.75) is 0 Å². The Balaban J connectivity index is 1.46. The molecular weight excluding hydrogens is 373 g/mol. The molecule has 3 rings (SSSR count). The minimum Gasteiger partial charge on any atom is -0.367 e. The van der Waals surface area contributed by atoms with E-state index < -0.39 is 28.9 Å². The first-order valence-electron chi connectivity index (χ1n) is 8.21. The molecule has 3 N–H and O–H groups in total. The second kappa shape index (κ2) is 8.80. The predicted molar refractivity (Wildman–Crippen MR) is 96.7 cm³/mol. The third-order valence-corrected chi connectivity index (χ3v) is 3.59. The van der Waals surface area contributed by atoms with Gasteiger partial charge in [0.2, 0.25) is 0 Å². The third-order valence-electron chi connectivity index (χ3n) is 3.59. The first-order valence-corrected chi connectivity index (χ1v) is 8.21. The van der Waals surface area contributed by atoms with Gasteiger partial charge in [-0.05, 0) is 36.4 Å². The molecule has 1 aromatic carbocycles. The monoisotopic (exact) mass is 388 g/mol. The van der Waals surface area contributed by atoms with Gasteiger partial charge in [0.25, 0.3) is 5.91 Å². The fraction of sp³-hybridized carbons (Fsp3) is 0.111. The lowest BCUT2D eigenvalue weighted by atomic mass is 10.2. The molecule has 0 aliphatic rings. The maximum Gasteiger partial charge on any atom is 0.254 e. The molecule has 0 bridgehead atoms. The quantitative estimate of drug-likeness (QED) is 0.426. The molecule has 0 spiro atoms. The Morgan fingerprint density at radius 1 is 0.929 bits per heavy atom. The van der Waals surface area contributed by atoms with Gasteiger partial charge in [-0.3, -0.25) is 9.78 Å². The molecule has 2 heterocycles. The third kappa shape index (κ3) is 4.72. The number of aromatic nitrogens is 3. The summed E-state index contributed by atoms with van der Waals surface area (Å²) in [7, 11) is 0. The number of carbonyl (C=O) groups excluding carboxylic acids is 1. The van der Waals surface area contributed by atoms with Gasteiger partial charge in [0.1, 0.15) is 5.82 Å². The van der Waals surface area contributed by atoms with Crippen LogP contribution in [-0.4, -0.2) is 34.2 Å². The largest absolute Gasteiger partial charge is 0.367 e. The van der Waals surface area contributed by atoms with Gasteiger partial charge in [0, 0.05) is 19.3 Å². The average molecular weight is 388 g/mol. The van der Waals surface area contributed by atoms with Crippen LogP contribution >= 0.6 is 0 Å². The van der Waals surface area contributed by atoms with E-state index in [1.807, 2.05) is 6.07 Å². The normalized spacial score (nSPS) is 10.4. The summed E-state index contributed by atoms with van der Waals surface area (Å²) < 4.78 is 39.6. The Morgan fingerprint density at radius 2 is 1.71 bits per heavy atom. The summed E-state index contributed by atoms with van der Waals surface area (Å²) in [6.07, 6.45) is 3.30. The smallest absolute Gasteiger partial charge is 0.254 e. The second-order valence-electron chi connectivity index (χ2n) is 5.58. The highest BCUT2D eigenvalue weighted by molar-refractivity contribution is 5.94. The van der Waals surface area contributed by atoms with Crippen LogP contribution in [-0.2, 0) is 0 Å². The number of hydrogen-bond acceptors (Lipinski definition) is 6. The summed E-state index contributed by atoms with van der Waals surface area (Å²) in [5, 5.41) is 16.3. The van der Waals surface area contributed by atoms with Gasteiger partial charge in [-0.15, -0.1) is 10.2 Å². The van der Waals surface area contributed by atoms with E-state index in [0.717, 1.165) is 11.8 Å². The molecule has 144 valence electrons. The number of nitrogens with zero attached hydrogens (tertiary/aromatic N) is 3. The van der Waals surface area contributed by atoms with E-state index in [4.69, 9.17) is 0 Å². The van der Waals surface area contributed by atoms with Crippen molar-refractivity contribution < 1.29 is 18.0 Å². The van der Waals surface area contributed by atoms with Crippen molar-refractivity contribution in [2.24, 2.45) is 0 Å². The lowest BCUT2D eigenvalue weighted by Crippen LogP contribution is -2.29. The number of amides is 1. The molecule has 0 aliphatic heterocycles. The predicted octanol–water partition coefficient (Wildman–Crippen LogP) is 2.87. The number of carbonyl (C=O) groups is 1. The van der Waals surface area contributed by atoms with Gasteiger partial charge in [-0.2, -0.15) is 0 Å². The molecule has 0 saturated heterocycles. The van der Waals surface area contributed by atoms with Crippen molar-refractivity contribution in [3.63, 3.8) is 0 Å². The summed E-state index contributed by atoms with van der Waals surface area (Å²) in [6.45, 7) is 0.371. The van der Waals surface area contributed by atoms with Crippen molar-refractivity contribution >= 4 is 23.2 Å². The van der Waals surface area contributed by atoms with E-state index in [9.17, 15) is 18.0 Å². The van der Waals surface area contributed by atoms with Crippen molar-refractivity contribution in [2.75, 3.05) is 23.7 Å². The molecule has 3 aromatic rings. The molecular formula is C18H15F3N6O. The molecule has 7 nitrogen and oxygen atoms in total. The molecule has 0 unspecified atom stereocenters. The highest BCUT2D eigenvalue weighted by Gasteiger charge is 2.18. The highest BCUT2D eigenvalue weighted by Crippen LogP contribution is 2.15. The minimum atomic E-state index is -1.68. The zero-order chi connectivity index (χ0) is 19.9. The van der Waals surface area contributed by atoms with Crippen LogP contribution in [0.1, 0.15) is 10.4 Å². The molecule has 1 amide bonds. The zero-order valence-electron chi connectivity index (χ0n) is 14.4. The molecule has 28 heavy (non-hydrogen) atoms. The Morgan fingerprint density at radius 3 is 2.43 bits per heavy atom. The standard InChI is InChI=1S/C18H15F3N6O/c19-13-4-3-12(16(20)17(13)21)18(28)24-9-8-23-14-5-6-15(27-26-14)25-11-2-1-7-22-10-11/h1-7,10H,8-9H2,(H,23,26)(H,24,28)(H,25,27). The summed E-state index contributed by atoms with van der Waals surface area (Å²) in [5.74, 6) is -4.41. The van der Waals surface area contributed by atoms with Gasteiger partial charge < -0.3 is 16.0 Å². The van der Waals surface area contributed by atoms with E-state index in [1.54, 1.807) is 30.6 Å². The molecule has 0 aliphatic carbocycles. The van der Waals surface area contributed by atoms with E-state index in [0.29, 0.717) is 17.7 Å². The minimum absolute atomic E-state index is 0.106. The van der Waals surface area contributed by atoms with Crippen LogP contribution in [0.4, 0.5) is 30.5 Å². The summed E-state index contributed by atoms with van der Waals surface area (Å²) in [4.78, 5) is 15.8. The van der Waals surface area contributed by atoms with E-state index >= 15 is 0 Å². The SMILES string of the molecule is O=C(NCCNc1ccc(Nc2cccnc2)nn1)c1ccc(F)c(F)c1F. The van der Waals surface area contributed by atoms with Gasteiger partial charge in [0.05, 0.1) is 17.4 Å². The molecule has 0 fully saturated rings. The first kappa shape index (κ1) is 19.1. The average Bonchev–Trinajstić information content (AvgIpc) is 2.71. The van der Waals surface area contributed by atoms with Gasteiger partial charge in [0.15, 0.2) is 23.3 Å². The molecule has 10 heteroatoms. The van der Waals surface area contributed by atoms with Crippen molar-refractivity contribution in [3.05, 3.63) is 71.8 Å². The van der Waals surface area contributed by atoms with Crippen LogP contribution in [0.25, 0.3) is 0 Å². The number of halogens is 3. The summed E-state index contributed by atoms with van der Waals surface area (Å²) >= 11 is 0. The highest BCUT2D eigenvalue weighted by atomic mass is 19.2. The van der Waals surface area contributed by atoms with Crippen LogP contribution in [0.5, 0.6) is 0 Å². The zero-order valence-corrected chi connectivity index (χ0v) is 14.4. The van der Waals surface area contributed by atoms with Gasteiger partial charge >= 0.3 is 0 Å². The van der Waals surface area contributed by atoms with Crippen LogP contribution in [0, 0.1) is 17.5 Å². The lowest BCUT2D eigenvalue weighted by Gasteiger charge is -2.09. The number of pyridine rings is 1. The van der Waals surface area contributed by atoms with E-state index in [-0.39, 0.29) is 13.1 Å². The maximum atomic E-state index is 13.6. The van der Waals surface area contributed by atoms with Gasteiger partial charge in [-0.25, -0.2) is 13.2 Å². The number of rotatable bonds is 7. The molecule has 0 saturated carbocycles. The van der Waals surface area contributed by atoms with Crippen molar-refractivity contribution in [3.8, 4) is 0 Å². The maximum absolute atomic E-state index is 13.6. The number of nitrogens with one attached hydrogen (secondary N) is 3. The molecule has 0 radical (unpaired) electrons. The Labute approximate surface area is 158 Å². The summed E-state index contributed by atoms with van der Waals surface area (Å²) in [5.41, 5.74) is 0.203. The topological polar surface area (TPSA) is 91.8 Å².